The number of likely N-dealkylation sites (tertiary alicyclic amines) is 1. The Morgan fingerprint density at radius 1 is 1.02 bits per heavy atom. The van der Waals surface area contributed by atoms with E-state index in [1.54, 1.807) is 4.90 Å². The number of aliphatic hydroxyl groups excluding tert-OH is 1. The highest BCUT2D eigenvalue weighted by molar-refractivity contribution is 5.86. The summed E-state index contributed by atoms with van der Waals surface area (Å²) in [5.41, 5.74) is 2.05. The number of nitrogens with one attached hydrogen (secondary N) is 1. The lowest BCUT2D eigenvalue weighted by atomic mass is 9.97. The van der Waals surface area contributed by atoms with Gasteiger partial charge in [-0.1, -0.05) is 54.6 Å². The lowest BCUT2D eigenvalue weighted by Gasteiger charge is -2.26. The Kier molecular flexibility index (Phi) is 11.2. The number of nitrogens with zero attached hydrogens (tertiary/aromatic N) is 1. The van der Waals surface area contributed by atoms with Gasteiger partial charge in [0.2, 0.25) is 11.8 Å². The van der Waals surface area contributed by atoms with E-state index in [-0.39, 0.29) is 43.5 Å². The van der Waals surface area contributed by atoms with E-state index < -0.39 is 12.0 Å². The molecule has 8 nitrogen and oxygen atoms in total. The summed E-state index contributed by atoms with van der Waals surface area (Å²) >= 11 is 0. The van der Waals surface area contributed by atoms with E-state index in [4.69, 9.17) is 9.47 Å². The van der Waals surface area contributed by atoms with Crippen molar-refractivity contribution in [3.8, 4) is 5.75 Å². The SMILES string of the molecule is O=C1CCCC=CCC(CC(=O)N2CCCC2CO)C(=O)NC(Cc2ccc(OCc3ccccc3)cc2)CO1. The number of benzene rings is 2. The number of aliphatic hydroxyl groups is 1. The molecule has 0 spiro atoms. The van der Waals surface area contributed by atoms with E-state index in [1.165, 1.54) is 0 Å². The van der Waals surface area contributed by atoms with E-state index >= 15 is 0 Å². The van der Waals surface area contributed by atoms with E-state index in [2.05, 4.69) is 5.32 Å². The third-order valence-corrected chi connectivity index (χ3v) is 7.48. The summed E-state index contributed by atoms with van der Waals surface area (Å²) < 4.78 is 11.4. The number of hydrogen-bond donors (Lipinski definition) is 2. The molecule has 2 amide bonds. The Labute approximate surface area is 236 Å². The fraction of sp³-hybridized carbons (Fsp3) is 0.469. The number of esters is 1. The van der Waals surface area contributed by atoms with Gasteiger partial charge >= 0.3 is 5.97 Å². The first-order valence-electron chi connectivity index (χ1n) is 14.3. The molecule has 0 aromatic heterocycles. The molecule has 2 N–H and O–H groups in total. The van der Waals surface area contributed by atoms with Crippen molar-refractivity contribution in [3.63, 3.8) is 0 Å². The van der Waals surface area contributed by atoms with E-state index in [9.17, 15) is 19.5 Å². The number of allylic oxidation sites excluding steroid dienone is 2. The molecule has 2 heterocycles. The molecule has 1 fully saturated rings. The Bertz CT molecular complexity index is 1130. The Morgan fingerprint density at radius 2 is 1.82 bits per heavy atom. The molecule has 3 atom stereocenters. The zero-order chi connectivity index (χ0) is 28.2. The first-order chi connectivity index (χ1) is 19.5. The summed E-state index contributed by atoms with van der Waals surface area (Å²) in [5.74, 6) is -0.431. The van der Waals surface area contributed by atoms with Crippen LogP contribution in [0, 0.1) is 5.92 Å². The second-order valence-corrected chi connectivity index (χ2v) is 10.6. The summed E-state index contributed by atoms with van der Waals surface area (Å²) in [6.45, 7) is 1.08. The molecule has 8 heteroatoms. The monoisotopic (exact) mass is 548 g/mol. The number of carbonyl (C=O) groups excluding carboxylic acids is 3. The van der Waals surface area contributed by atoms with Crippen LogP contribution in [-0.2, 0) is 32.1 Å². The number of rotatable bonds is 8. The lowest BCUT2D eigenvalue weighted by Crippen LogP contribution is -2.45. The van der Waals surface area contributed by atoms with Crippen molar-refractivity contribution in [2.75, 3.05) is 19.8 Å². The maximum Gasteiger partial charge on any atom is 0.305 e. The summed E-state index contributed by atoms with van der Waals surface area (Å²) in [7, 11) is 0. The topological polar surface area (TPSA) is 105 Å². The van der Waals surface area contributed by atoms with Crippen molar-refractivity contribution in [2.24, 2.45) is 5.92 Å². The molecule has 214 valence electrons. The van der Waals surface area contributed by atoms with Crippen LogP contribution in [0.5, 0.6) is 5.75 Å². The first kappa shape index (κ1) is 29.3. The molecule has 2 aliphatic heterocycles. The van der Waals surface area contributed by atoms with Crippen molar-refractivity contribution in [1.82, 2.24) is 10.2 Å². The van der Waals surface area contributed by atoms with Crippen LogP contribution < -0.4 is 10.1 Å². The van der Waals surface area contributed by atoms with Crippen LogP contribution in [0.3, 0.4) is 0 Å². The molecule has 2 aromatic rings. The predicted molar refractivity (Wildman–Crippen MR) is 151 cm³/mol. The van der Waals surface area contributed by atoms with Gasteiger partial charge in [-0.05, 0) is 61.8 Å². The van der Waals surface area contributed by atoms with Gasteiger partial charge in [0.1, 0.15) is 19.0 Å². The highest BCUT2D eigenvalue weighted by Gasteiger charge is 2.32. The van der Waals surface area contributed by atoms with Gasteiger partial charge in [0.25, 0.3) is 0 Å². The van der Waals surface area contributed by atoms with Crippen LogP contribution in [0.4, 0.5) is 0 Å². The summed E-state index contributed by atoms with van der Waals surface area (Å²) in [6, 6.07) is 17.0. The molecular formula is C32H40N2O6. The van der Waals surface area contributed by atoms with Gasteiger partial charge in [0.05, 0.1) is 24.6 Å². The van der Waals surface area contributed by atoms with Gasteiger partial charge in [-0.2, -0.15) is 0 Å². The van der Waals surface area contributed by atoms with Gasteiger partial charge in [-0.15, -0.1) is 0 Å². The maximum atomic E-state index is 13.4. The van der Waals surface area contributed by atoms with Crippen LogP contribution in [0.15, 0.2) is 66.7 Å². The molecule has 4 rings (SSSR count). The summed E-state index contributed by atoms with van der Waals surface area (Å²) in [5, 5.41) is 12.7. The van der Waals surface area contributed by atoms with E-state index in [1.807, 2.05) is 66.7 Å². The molecule has 3 unspecified atom stereocenters. The van der Waals surface area contributed by atoms with Crippen molar-refractivity contribution in [3.05, 3.63) is 77.9 Å². The van der Waals surface area contributed by atoms with Crippen LogP contribution in [-0.4, -0.2) is 59.6 Å². The van der Waals surface area contributed by atoms with Crippen molar-refractivity contribution in [2.45, 2.75) is 70.1 Å². The molecule has 40 heavy (non-hydrogen) atoms. The van der Waals surface area contributed by atoms with Crippen molar-refractivity contribution >= 4 is 17.8 Å². The Hall–Kier alpha value is -3.65. The summed E-state index contributed by atoms with van der Waals surface area (Å²) in [4.78, 5) is 40.5. The molecule has 2 aromatic carbocycles. The molecular weight excluding hydrogens is 508 g/mol. The van der Waals surface area contributed by atoms with Gasteiger partial charge < -0.3 is 24.8 Å². The predicted octanol–water partition coefficient (Wildman–Crippen LogP) is 3.96. The number of carbonyl (C=O) groups is 3. The Morgan fingerprint density at radius 3 is 2.60 bits per heavy atom. The standard InChI is InChI=1S/C32H40N2O6/c35-21-28-12-8-18-34(28)30(36)20-26-11-6-1-2-7-13-31(37)40-23-27(33-32(26)38)19-24-14-16-29(17-15-24)39-22-25-9-4-3-5-10-25/h1,3-6,9-10,14-17,26-28,35H,2,7-8,11-13,18-23H2,(H,33,38). The van der Waals surface area contributed by atoms with Crippen LogP contribution in [0.25, 0.3) is 0 Å². The molecule has 0 bridgehead atoms. The van der Waals surface area contributed by atoms with Gasteiger partial charge in [0.15, 0.2) is 0 Å². The average Bonchev–Trinajstić information content (AvgIpc) is 3.46. The molecule has 2 aliphatic rings. The van der Waals surface area contributed by atoms with Crippen LogP contribution in [0.2, 0.25) is 0 Å². The summed E-state index contributed by atoms with van der Waals surface area (Å²) in [6.07, 6.45) is 8.19. The number of cyclic esters (lactones) is 1. The third kappa shape index (κ3) is 8.95. The fourth-order valence-electron chi connectivity index (χ4n) is 5.19. The quantitative estimate of drug-likeness (QED) is 0.382. The smallest absolute Gasteiger partial charge is 0.305 e. The third-order valence-electron chi connectivity index (χ3n) is 7.48. The lowest BCUT2D eigenvalue weighted by molar-refractivity contribution is -0.145. The molecule has 1 saturated heterocycles. The van der Waals surface area contributed by atoms with E-state index in [0.717, 1.165) is 29.7 Å². The molecule has 0 saturated carbocycles. The maximum absolute atomic E-state index is 13.4. The number of amides is 2. The fourth-order valence-corrected chi connectivity index (χ4v) is 5.19. The highest BCUT2D eigenvalue weighted by atomic mass is 16.5. The molecule has 0 radical (unpaired) electrons. The van der Waals surface area contributed by atoms with Crippen LogP contribution in [0.1, 0.15) is 56.1 Å². The minimum absolute atomic E-state index is 0.0592. The Balaban J connectivity index is 1.41. The zero-order valence-electron chi connectivity index (χ0n) is 23.0. The van der Waals surface area contributed by atoms with Gasteiger partial charge in [-0.25, -0.2) is 0 Å². The van der Waals surface area contributed by atoms with Gasteiger partial charge in [0, 0.05) is 19.4 Å². The second kappa shape index (κ2) is 15.2. The zero-order valence-corrected chi connectivity index (χ0v) is 23.0. The minimum atomic E-state index is -0.545. The normalized spacial score (nSPS) is 22.4. The number of ether oxygens (including phenoxy) is 2. The number of hydrogen-bond acceptors (Lipinski definition) is 6. The highest BCUT2D eigenvalue weighted by Crippen LogP contribution is 2.22. The second-order valence-electron chi connectivity index (χ2n) is 10.6. The van der Waals surface area contributed by atoms with E-state index in [0.29, 0.717) is 45.3 Å². The first-order valence-corrected chi connectivity index (χ1v) is 14.3. The minimum Gasteiger partial charge on any atom is -0.489 e. The van der Waals surface area contributed by atoms with Crippen LogP contribution >= 0.6 is 0 Å². The van der Waals surface area contributed by atoms with Crippen molar-refractivity contribution in [1.29, 1.82) is 0 Å². The average molecular weight is 549 g/mol. The van der Waals surface area contributed by atoms with Gasteiger partial charge in [-0.3, -0.25) is 14.4 Å². The largest absolute Gasteiger partial charge is 0.489 e. The molecule has 0 aliphatic carbocycles. The van der Waals surface area contributed by atoms with Crippen molar-refractivity contribution < 1.29 is 29.0 Å².